The van der Waals surface area contributed by atoms with E-state index < -0.39 is 0 Å². The van der Waals surface area contributed by atoms with Crippen LogP contribution in [0.25, 0.3) is 0 Å². The van der Waals surface area contributed by atoms with Crippen LogP contribution in [0.5, 0.6) is 5.75 Å². The number of halogens is 1. The largest absolute Gasteiger partial charge is 0.508 e. The molecule has 94 valence electrons. The molecule has 2 N–H and O–H groups in total. The van der Waals surface area contributed by atoms with E-state index in [-0.39, 0.29) is 23.7 Å². The summed E-state index contributed by atoms with van der Waals surface area (Å²) in [6.45, 7) is 1.84. The third-order valence-electron chi connectivity index (χ3n) is 3.17. The van der Waals surface area contributed by atoms with Crippen LogP contribution in [0.15, 0.2) is 18.2 Å². The van der Waals surface area contributed by atoms with Crippen LogP contribution >= 0.6 is 0 Å². The van der Waals surface area contributed by atoms with Gasteiger partial charge in [-0.2, -0.15) is 5.48 Å². The molecule has 0 heterocycles. The number of hydrogen-bond donors (Lipinski definition) is 2. The molecule has 4 heteroatoms. The summed E-state index contributed by atoms with van der Waals surface area (Å²) in [7, 11) is 0. The maximum atomic E-state index is 13.1. The van der Waals surface area contributed by atoms with Crippen molar-refractivity contribution in [1.82, 2.24) is 5.48 Å². The van der Waals surface area contributed by atoms with E-state index in [4.69, 9.17) is 4.84 Å². The summed E-state index contributed by atoms with van der Waals surface area (Å²) >= 11 is 0. The van der Waals surface area contributed by atoms with Gasteiger partial charge in [-0.25, -0.2) is 4.39 Å². The number of phenols is 1. The van der Waals surface area contributed by atoms with Crippen molar-refractivity contribution in [3.05, 3.63) is 29.6 Å². The molecule has 1 aromatic rings. The Hall–Kier alpha value is -1.13. The minimum absolute atomic E-state index is 0.0846. The minimum atomic E-state index is -0.354. The SMILES string of the molecule is CC(NOC1CCCC1)c1cc(F)ccc1O. The van der Waals surface area contributed by atoms with Crippen LogP contribution < -0.4 is 5.48 Å². The molecular formula is C13H18FNO2. The van der Waals surface area contributed by atoms with E-state index in [9.17, 15) is 9.50 Å². The third-order valence-corrected chi connectivity index (χ3v) is 3.17. The molecule has 17 heavy (non-hydrogen) atoms. The maximum Gasteiger partial charge on any atom is 0.123 e. The van der Waals surface area contributed by atoms with Gasteiger partial charge in [0, 0.05) is 5.56 Å². The zero-order valence-corrected chi connectivity index (χ0v) is 9.95. The predicted octanol–water partition coefficient (Wildman–Crippen LogP) is 3.06. The van der Waals surface area contributed by atoms with Crippen molar-refractivity contribution < 1.29 is 14.3 Å². The molecule has 0 spiro atoms. The number of nitrogens with one attached hydrogen (secondary N) is 1. The van der Waals surface area contributed by atoms with Crippen molar-refractivity contribution in [2.24, 2.45) is 0 Å². The Morgan fingerprint density at radius 2 is 2.12 bits per heavy atom. The summed E-state index contributed by atoms with van der Waals surface area (Å²) in [5.41, 5.74) is 3.40. The molecule has 1 aliphatic rings. The van der Waals surface area contributed by atoms with Gasteiger partial charge in [-0.1, -0.05) is 12.8 Å². The highest BCUT2D eigenvalue weighted by atomic mass is 19.1. The van der Waals surface area contributed by atoms with E-state index in [2.05, 4.69) is 5.48 Å². The second-order valence-corrected chi connectivity index (χ2v) is 4.57. The Kier molecular flexibility index (Phi) is 3.97. The van der Waals surface area contributed by atoms with Gasteiger partial charge in [0.15, 0.2) is 0 Å². The molecule has 1 aliphatic carbocycles. The lowest BCUT2D eigenvalue weighted by Gasteiger charge is -2.18. The van der Waals surface area contributed by atoms with E-state index in [1.165, 1.54) is 31.0 Å². The molecule has 1 unspecified atom stereocenters. The quantitative estimate of drug-likeness (QED) is 0.793. The summed E-state index contributed by atoms with van der Waals surface area (Å²) in [4.78, 5) is 5.53. The van der Waals surface area contributed by atoms with E-state index in [0.717, 1.165) is 12.8 Å². The molecule has 0 saturated heterocycles. The van der Waals surface area contributed by atoms with E-state index in [0.29, 0.717) is 5.56 Å². The number of benzene rings is 1. The maximum absolute atomic E-state index is 13.1. The summed E-state index contributed by atoms with van der Waals surface area (Å²) in [5.74, 6) is -0.270. The lowest BCUT2D eigenvalue weighted by atomic mass is 10.1. The second-order valence-electron chi connectivity index (χ2n) is 4.57. The van der Waals surface area contributed by atoms with Crippen molar-refractivity contribution in [2.75, 3.05) is 0 Å². The molecule has 1 saturated carbocycles. The van der Waals surface area contributed by atoms with E-state index >= 15 is 0 Å². The molecule has 1 atom stereocenters. The van der Waals surface area contributed by atoms with Crippen LogP contribution in [0, 0.1) is 5.82 Å². The monoisotopic (exact) mass is 239 g/mol. The first-order chi connectivity index (χ1) is 8.16. The van der Waals surface area contributed by atoms with Crippen molar-refractivity contribution >= 4 is 0 Å². The van der Waals surface area contributed by atoms with Gasteiger partial charge >= 0.3 is 0 Å². The van der Waals surface area contributed by atoms with Crippen molar-refractivity contribution in [1.29, 1.82) is 0 Å². The molecule has 0 amide bonds. The minimum Gasteiger partial charge on any atom is -0.508 e. The summed E-state index contributed by atoms with van der Waals surface area (Å²) in [6.07, 6.45) is 4.77. The van der Waals surface area contributed by atoms with Gasteiger partial charge in [-0.3, -0.25) is 4.84 Å². The van der Waals surface area contributed by atoms with Crippen LogP contribution in [0.3, 0.4) is 0 Å². The molecule has 0 radical (unpaired) electrons. The van der Waals surface area contributed by atoms with Crippen LogP contribution in [0.1, 0.15) is 44.2 Å². The van der Waals surface area contributed by atoms with Gasteiger partial charge in [-0.05, 0) is 38.0 Å². The zero-order valence-electron chi connectivity index (χ0n) is 9.95. The van der Waals surface area contributed by atoms with Crippen LogP contribution in [0.4, 0.5) is 4.39 Å². The first kappa shape index (κ1) is 12.3. The fourth-order valence-electron chi connectivity index (χ4n) is 2.14. The Labute approximate surface area is 101 Å². The van der Waals surface area contributed by atoms with Crippen LogP contribution in [0.2, 0.25) is 0 Å². The highest BCUT2D eigenvalue weighted by Crippen LogP contribution is 2.26. The summed E-state index contributed by atoms with van der Waals surface area (Å²) in [5, 5.41) is 9.64. The Morgan fingerprint density at radius 1 is 1.41 bits per heavy atom. The van der Waals surface area contributed by atoms with Crippen LogP contribution in [-0.4, -0.2) is 11.2 Å². The van der Waals surface area contributed by atoms with Crippen LogP contribution in [-0.2, 0) is 4.84 Å². The average molecular weight is 239 g/mol. The molecule has 1 fully saturated rings. The van der Waals surface area contributed by atoms with Crippen molar-refractivity contribution in [3.8, 4) is 5.75 Å². The van der Waals surface area contributed by atoms with Crippen molar-refractivity contribution in [2.45, 2.75) is 44.8 Å². The normalized spacial score (nSPS) is 18.5. The Morgan fingerprint density at radius 3 is 2.82 bits per heavy atom. The Balaban J connectivity index is 1.93. The van der Waals surface area contributed by atoms with Gasteiger partial charge < -0.3 is 5.11 Å². The molecule has 0 bridgehead atoms. The topological polar surface area (TPSA) is 41.5 Å². The highest BCUT2D eigenvalue weighted by Gasteiger charge is 2.18. The predicted molar refractivity (Wildman–Crippen MR) is 63.0 cm³/mol. The van der Waals surface area contributed by atoms with Gasteiger partial charge in [-0.15, -0.1) is 0 Å². The molecule has 0 aromatic heterocycles. The summed E-state index contributed by atoms with van der Waals surface area (Å²) < 4.78 is 13.1. The number of phenolic OH excluding ortho intramolecular Hbond substituents is 1. The fourth-order valence-corrected chi connectivity index (χ4v) is 2.14. The highest BCUT2D eigenvalue weighted by molar-refractivity contribution is 5.34. The van der Waals surface area contributed by atoms with Gasteiger partial charge in [0.05, 0.1) is 12.1 Å². The first-order valence-electron chi connectivity index (χ1n) is 6.06. The number of aromatic hydroxyl groups is 1. The fraction of sp³-hybridized carbons (Fsp3) is 0.538. The lowest BCUT2D eigenvalue weighted by Crippen LogP contribution is -2.24. The standard InChI is InChI=1S/C13H18FNO2/c1-9(15-17-11-4-2-3-5-11)12-8-10(14)6-7-13(12)16/h6-9,11,15-16H,2-5H2,1H3. The third kappa shape index (κ3) is 3.17. The van der Waals surface area contributed by atoms with E-state index in [1.807, 2.05) is 6.92 Å². The lowest BCUT2D eigenvalue weighted by molar-refractivity contribution is -0.0380. The van der Waals surface area contributed by atoms with E-state index in [1.54, 1.807) is 0 Å². The number of rotatable bonds is 4. The molecular weight excluding hydrogens is 221 g/mol. The molecule has 1 aromatic carbocycles. The van der Waals surface area contributed by atoms with Gasteiger partial charge in [0.2, 0.25) is 0 Å². The van der Waals surface area contributed by atoms with Crippen molar-refractivity contribution in [3.63, 3.8) is 0 Å². The average Bonchev–Trinajstić information content (AvgIpc) is 2.82. The Bertz CT molecular complexity index is 378. The molecule has 0 aliphatic heterocycles. The van der Waals surface area contributed by atoms with Gasteiger partial charge in [0.25, 0.3) is 0 Å². The molecule has 3 nitrogen and oxygen atoms in total. The summed E-state index contributed by atoms with van der Waals surface area (Å²) in [6, 6.07) is 3.69. The van der Waals surface area contributed by atoms with Gasteiger partial charge in [0.1, 0.15) is 11.6 Å². The first-order valence-corrected chi connectivity index (χ1v) is 6.06. The molecule has 2 rings (SSSR count). The zero-order chi connectivity index (χ0) is 12.3. The smallest absolute Gasteiger partial charge is 0.123 e. The number of hydrogen-bond acceptors (Lipinski definition) is 3. The second kappa shape index (κ2) is 5.47. The number of hydroxylamine groups is 1.